The first-order chi connectivity index (χ1) is 17.6. The second kappa shape index (κ2) is 9.41. The van der Waals surface area contributed by atoms with Gasteiger partial charge in [0.2, 0.25) is 5.91 Å². The van der Waals surface area contributed by atoms with Crippen molar-refractivity contribution in [2.45, 2.75) is 52.0 Å². The van der Waals surface area contributed by atoms with E-state index in [1.807, 2.05) is 44.4 Å². The van der Waals surface area contributed by atoms with Crippen molar-refractivity contribution in [1.29, 1.82) is 0 Å². The van der Waals surface area contributed by atoms with E-state index in [9.17, 15) is 4.79 Å². The highest BCUT2D eigenvalue weighted by atomic mass is 16.2. The highest BCUT2D eigenvalue weighted by Gasteiger charge is 2.49. The highest BCUT2D eigenvalue weighted by Crippen LogP contribution is 2.55. The number of aromatic amines is 1. The van der Waals surface area contributed by atoms with E-state index < -0.39 is 0 Å². The number of amides is 1. The van der Waals surface area contributed by atoms with Crippen molar-refractivity contribution in [3.8, 4) is 11.1 Å². The summed E-state index contributed by atoms with van der Waals surface area (Å²) in [5, 5.41) is 10.6. The summed E-state index contributed by atoms with van der Waals surface area (Å²) in [6.45, 7) is 4.76. The van der Waals surface area contributed by atoms with Crippen LogP contribution in [0.3, 0.4) is 0 Å². The number of nitrogens with one attached hydrogen (secondary N) is 2. The van der Waals surface area contributed by atoms with Gasteiger partial charge in [-0.1, -0.05) is 42.5 Å². The van der Waals surface area contributed by atoms with Crippen molar-refractivity contribution >= 4 is 11.6 Å². The molecule has 36 heavy (non-hydrogen) atoms. The Hall–Kier alpha value is -3.67. The molecule has 0 saturated heterocycles. The molecule has 0 spiro atoms. The van der Waals surface area contributed by atoms with Gasteiger partial charge in [-0.05, 0) is 80.5 Å². The average Bonchev–Trinajstić information content (AvgIpc) is 3.82. The number of carbonyl (C=O) groups is 1. The molecule has 1 atom stereocenters. The summed E-state index contributed by atoms with van der Waals surface area (Å²) < 4.78 is 2.17. The van der Waals surface area contributed by atoms with Gasteiger partial charge in [0.05, 0.1) is 11.6 Å². The van der Waals surface area contributed by atoms with Gasteiger partial charge in [0, 0.05) is 35.9 Å². The summed E-state index contributed by atoms with van der Waals surface area (Å²) in [6, 6.07) is 18.5. The van der Waals surface area contributed by atoms with Crippen LogP contribution in [0.4, 0.5) is 5.69 Å². The molecule has 2 N–H and O–H groups in total. The number of H-pyrrole nitrogens is 1. The van der Waals surface area contributed by atoms with Crippen LogP contribution in [0.25, 0.3) is 11.1 Å². The Morgan fingerprint density at radius 1 is 1.03 bits per heavy atom. The van der Waals surface area contributed by atoms with Gasteiger partial charge in [-0.15, -0.1) is 0 Å². The van der Waals surface area contributed by atoms with Crippen molar-refractivity contribution in [2.24, 2.45) is 17.8 Å². The second-order valence-corrected chi connectivity index (χ2v) is 10.5. The minimum absolute atomic E-state index is 0.0581. The Morgan fingerprint density at radius 2 is 1.72 bits per heavy atom. The Kier molecular flexibility index (Phi) is 5.96. The van der Waals surface area contributed by atoms with E-state index in [1.165, 1.54) is 31.2 Å². The average molecular weight is 480 g/mol. The zero-order valence-corrected chi connectivity index (χ0v) is 20.9. The van der Waals surface area contributed by atoms with E-state index in [1.54, 1.807) is 0 Å². The molecule has 0 bridgehead atoms. The van der Waals surface area contributed by atoms with Crippen molar-refractivity contribution in [1.82, 2.24) is 19.7 Å². The lowest BCUT2D eigenvalue weighted by Gasteiger charge is -2.27. The Bertz CT molecular complexity index is 1310. The quantitative estimate of drug-likeness (QED) is 0.305. The van der Waals surface area contributed by atoms with Gasteiger partial charge in [0.25, 0.3) is 0 Å². The van der Waals surface area contributed by atoms with Crippen LogP contribution in [-0.2, 0) is 11.3 Å². The van der Waals surface area contributed by atoms with E-state index >= 15 is 0 Å². The summed E-state index contributed by atoms with van der Waals surface area (Å²) >= 11 is 0. The topological polar surface area (TPSA) is 75.6 Å². The number of benzene rings is 2. The minimum Gasteiger partial charge on any atom is -0.330 e. The first-order valence-corrected chi connectivity index (χ1v) is 13.1. The van der Waals surface area contributed by atoms with Crippen LogP contribution in [0.1, 0.15) is 54.4 Å². The third-order valence-corrected chi connectivity index (χ3v) is 7.79. The second-order valence-electron chi connectivity index (χ2n) is 10.5. The monoisotopic (exact) mass is 479 g/mol. The number of rotatable bonds is 9. The molecule has 2 heterocycles. The van der Waals surface area contributed by atoms with Gasteiger partial charge in [-0.3, -0.25) is 9.89 Å². The van der Waals surface area contributed by atoms with Crippen molar-refractivity contribution in [3.63, 3.8) is 0 Å². The summed E-state index contributed by atoms with van der Waals surface area (Å²) in [5.41, 5.74) is 6.28. The minimum atomic E-state index is -0.248. The molecule has 2 aromatic carbocycles. The molecular weight excluding hydrogens is 446 g/mol. The van der Waals surface area contributed by atoms with Crippen LogP contribution in [-0.4, -0.2) is 25.7 Å². The molecule has 2 aliphatic rings. The molecule has 1 amide bonds. The van der Waals surface area contributed by atoms with Crippen LogP contribution in [0, 0.1) is 31.6 Å². The van der Waals surface area contributed by atoms with Crippen molar-refractivity contribution in [2.75, 3.05) is 5.32 Å². The van der Waals surface area contributed by atoms with Gasteiger partial charge in [-0.25, -0.2) is 4.98 Å². The molecule has 2 aliphatic carbocycles. The standard InChI is InChI=1S/C30H33N5O/c1-19-26(20(2)34-33-19)22-12-14-25(15-13-22)32-30(36)28(27(23-8-9-23)24-10-11-24)29-31-16-17-35(29)18-21-6-4-3-5-7-21/h3-7,12-17,23-24,27-28H,8-11,18H2,1-2H3,(H,32,36)(H,33,34). The molecule has 2 fully saturated rings. The van der Waals surface area contributed by atoms with Gasteiger partial charge in [0.1, 0.15) is 5.82 Å². The summed E-state index contributed by atoms with van der Waals surface area (Å²) in [4.78, 5) is 18.7. The number of aryl methyl sites for hydroxylation is 2. The lowest BCUT2D eigenvalue weighted by Crippen LogP contribution is -2.32. The number of imidazole rings is 1. The molecule has 0 aliphatic heterocycles. The SMILES string of the molecule is Cc1n[nH]c(C)c1-c1ccc(NC(=O)C(c2nccn2Cc2ccccc2)C(C2CC2)C2CC2)cc1. The molecule has 6 nitrogen and oxygen atoms in total. The van der Waals surface area contributed by atoms with E-state index in [4.69, 9.17) is 4.98 Å². The number of hydrogen-bond donors (Lipinski definition) is 2. The molecular formula is C30H33N5O. The van der Waals surface area contributed by atoms with E-state index in [0.717, 1.165) is 40.6 Å². The maximum absolute atomic E-state index is 14.0. The normalized spacial score (nSPS) is 16.3. The number of hydrogen-bond acceptors (Lipinski definition) is 3. The Morgan fingerprint density at radius 3 is 2.33 bits per heavy atom. The lowest BCUT2D eigenvalue weighted by molar-refractivity contribution is -0.119. The zero-order chi connectivity index (χ0) is 24.6. The molecule has 184 valence electrons. The number of carbonyl (C=O) groups excluding carboxylic acids is 1. The fraction of sp³-hybridized carbons (Fsp3) is 0.367. The highest BCUT2D eigenvalue weighted by molar-refractivity contribution is 5.96. The number of anilines is 1. The first kappa shape index (κ1) is 22.8. The van der Waals surface area contributed by atoms with Crippen LogP contribution in [0.15, 0.2) is 67.0 Å². The molecule has 1 unspecified atom stereocenters. The fourth-order valence-electron chi connectivity index (χ4n) is 5.79. The lowest BCUT2D eigenvalue weighted by atomic mass is 9.82. The molecule has 2 saturated carbocycles. The van der Waals surface area contributed by atoms with Gasteiger partial charge < -0.3 is 9.88 Å². The summed E-state index contributed by atoms with van der Waals surface area (Å²) in [5.74, 6) is 2.32. The van der Waals surface area contributed by atoms with Gasteiger partial charge in [-0.2, -0.15) is 5.10 Å². The van der Waals surface area contributed by atoms with Gasteiger partial charge >= 0.3 is 0 Å². The predicted octanol–water partition coefficient (Wildman–Crippen LogP) is 6.10. The van der Waals surface area contributed by atoms with Crippen molar-refractivity contribution in [3.05, 3.63) is 89.8 Å². The maximum Gasteiger partial charge on any atom is 0.235 e. The first-order valence-electron chi connectivity index (χ1n) is 13.1. The molecule has 6 heteroatoms. The smallest absolute Gasteiger partial charge is 0.235 e. The van der Waals surface area contributed by atoms with Crippen molar-refractivity contribution < 1.29 is 4.79 Å². The largest absolute Gasteiger partial charge is 0.330 e. The van der Waals surface area contributed by atoms with Crippen LogP contribution >= 0.6 is 0 Å². The molecule has 0 radical (unpaired) electrons. The van der Waals surface area contributed by atoms with Crippen LogP contribution < -0.4 is 5.32 Å². The predicted molar refractivity (Wildman–Crippen MR) is 142 cm³/mol. The fourth-order valence-corrected chi connectivity index (χ4v) is 5.79. The Balaban J connectivity index is 1.28. The third kappa shape index (κ3) is 4.60. The summed E-state index contributed by atoms with van der Waals surface area (Å²) in [7, 11) is 0. The van der Waals surface area contributed by atoms with E-state index in [0.29, 0.717) is 17.8 Å². The maximum atomic E-state index is 14.0. The molecule has 4 aromatic rings. The summed E-state index contributed by atoms with van der Waals surface area (Å²) in [6.07, 6.45) is 8.76. The third-order valence-electron chi connectivity index (χ3n) is 7.79. The van der Waals surface area contributed by atoms with E-state index in [-0.39, 0.29) is 11.8 Å². The molecule has 6 rings (SSSR count). The van der Waals surface area contributed by atoms with Gasteiger partial charge in [0.15, 0.2) is 0 Å². The Labute approximate surface area is 212 Å². The van der Waals surface area contributed by atoms with Crippen LogP contribution in [0.2, 0.25) is 0 Å². The van der Waals surface area contributed by atoms with Crippen LogP contribution in [0.5, 0.6) is 0 Å². The number of nitrogens with zero attached hydrogens (tertiary/aromatic N) is 3. The zero-order valence-electron chi connectivity index (χ0n) is 20.9. The van der Waals surface area contributed by atoms with E-state index in [2.05, 4.69) is 56.5 Å². The molecule has 2 aromatic heterocycles. The number of aromatic nitrogens is 4.